The van der Waals surface area contributed by atoms with E-state index in [1.807, 2.05) is 0 Å². The van der Waals surface area contributed by atoms with Gasteiger partial charge in [0.2, 0.25) is 0 Å². The summed E-state index contributed by atoms with van der Waals surface area (Å²) in [6.45, 7) is 5.29. The highest BCUT2D eigenvalue weighted by Gasteiger charge is 2.36. The molecule has 1 amide bonds. The van der Waals surface area contributed by atoms with Gasteiger partial charge in [0.1, 0.15) is 28.9 Å². The zero-order valence-electron chi connectivity index (χ0n) is 20.1. The average molecular weight is 490 g/mol. The molecule has 0 unspecified atom stereocenters. The molecule has 0 aromatic heterocycles. The minimum absolute atomic E-state index is 0.0416. The number of amides is 1. The number of allylic oxidation sites excluding steroid dienone is 4. The third-order valence-corrected chi connectivity index (χ3v) is 6.85. The smallest absolute Gasteiger partial charge is 0.262 e. The molecule has 9 heteroatoms. The van der Waals surface area contributed by atoms with Crippen molar-refractivity contribution in [2.75, 3.05) is 7.05 Å². The van der Waals surface area contributed by atoms with Gasteiger partial charge in [0.05, 0.1) is 35.7 Å². The molecule has 0 bridgehead atoms. The molecular weight excluding hydrogens is 467 g/mol. The maximum atomic E-state index is 15.9. The van der Waals surface area contributed by atoms with Crippen LogP contribution in [0, 0.1) is 40.1 Å². The lowest BCUT2D eigenvalue weighted by atomic mass is 9.78. The number of rotatable bonds is 3. The first-order chi connectivity index (χ1) is 17.2. The molecule has 0 spiro atoms. The summed E-state index contributed by atoms with van der Waals surface area (Å²) in [4.78, 5) is 18.7. The van der Waals surface area contributed by atoms with Crippen LogP contribution in [0.4, 0.5) is 13.2 Å². The van der Waals surface area contributed by atoms with E-state index < -0.39 is 34.8 Å². The molecule has 0 saturated carbocycles. The van der Waals surface area contributed by atoms with Crippen LogP contribution >= 0.6 is 0 Å². The van der Waals surface area contributed by atoms with Crippen LogP contribution in [0.15, 0.2) is 51.8 Å². The number of nitrogens with zero attached hydrogens (tertiary/aromatic N) is 4. The molecule has 0 radical (unpaired) electrons. The van der Waals surface area contributed by atoms with Crippen LogP contribution < -0.4 is 5.32 Å². The Morgan fingerprint density at radius 2 is 1.72 bits per heavy atom. The van der Waals surface area contributed by atoms with Gasteiger partial charge in [-0.3, -0.25) is 9.79 Å². The Kier molecular flexibility index (Phi) is 6.43. The van der Waals surface area contributed by atoms with Gasteiger partial charge in [-0.2, -0.15) is 10.5 Å². The molecule has 182 valence electrons. The fourth-order valence-electron chi connectivity index (χ4n) is 4.76. The van der Waals surface area contributed by atoms with Crippen LogP contribution in [0.5, 0.6) is 0 Å². The number of amidine groups is 1. The van der Waals surface area contributed by atoms with Crippen molar-refractivity contribution in [3.05, 3.63) is 92.1 Å². The molecule has 0 fully saturated rings. The Morgan fingerprint density at radius 1 is 1.14 bits per heavy atom. The van der Waals surface area contributed by atoms with Crippen molar-refractivity contribution in [1.29, 1.82) is 10.5 Å². The summed E-state index contributed by atoms with van der Waals surface area (Å²) < 4.78 is 44.2. The number of hydrogen-bond acceptors (Lipinski definition) is 5. The van der Waals surface area contributed by atoms with Gasteiger partial charge in [0.25, 0.3) is 5.91 Å². The first kappa shape index (κ1) is 24.7. The number of aliphatic imine (C=N–C) groups is 1. The van der Waals surface area contributed by atoms with Crippen LogP contribution in [0.2, 0.25) is 0 Å². The molecule has 2 aliphatic heterocycles. The summed E-state index contributed by atoms with van der Waals surface area (Å²) in [6.07, 6.45) is 0.294. The molecular formula is C27H22F3N5O. The zero-order valence-corrected chi connectivity index (χ0v) is 20.1. The number of hydrogen-bond donors (Lipinski definition) is 1. The lowest BCUT2D eigenvalue weighted by Crippen LogP contribution is -2.32. The predicted octanol–water partition coefficient (Wildman–Crippen LogP) is 4.98. The van der Waals surface area contributed by atoms with Gasteiger partial charge in [-0.1, -0.05) is 13.0 Å². The largest absolute Gasteiger partial charge is 0.350 e. The van der Waals surface area contributed by atoms with Crippen LogP contribution in [0.1, 0.15) is 59.3 Å². The fourth-order valence-corrected chi connectivity index (χ4v) is 4.76. The van der Waals surface area contributed by atoms with E-state index in [-0.39, 0.29) is 29.1 Å². The Bertz CT molecular complexity index is 1430. The molecule has 1 N–H and O–H groups in total. The molecule has 2 heterocycles. The second-order valence-electron chi connectivity index (χ2n) is 8.57. The van der Waals surface area contributed by atoms with Crippen LogP contribution in [-0.4, -0.2) is 23.7 Å². The molecule has 6 nitrogen and oxygen atoms in total. The van der Waals surface area contributed by atoms with E-state index in [1.54, 1.807) is 32.7 Å². The van der Waals surface area contributed by atoms with Gasteiger partial charge in [-0.05, 0) is 49.6 Å². The fraction of sp³-hybridized carbons (Fsp3) is 0.259. The summed E-state index contributed by atoms with van der Waals surface area (Å²) in [5.74, 6) is -4.53. The second-order valence-corrected chi connectivity index (χ2v) is 8.57. The number of fused-ring (bicyclic) bond motifs is 1. The second kappa shape index (κ2) is 9.35. The van der Waals surface area contributed by atoms with Gasteiger partial charge in [-0.25, -0.2) is 13.2 Å². The van der Waals surface area contributed by atoms with Crippen molar-refractivity contribution in [3.63, 3.8) is 0 Å². The van der Waals surface area contributed by atoms with Crippen molar-refractivity contribution in [3.8, 4) is 12.1 Å². The molecule has 36 heavy (non-hydrogen) atoms. The average Bonchev–Trinajstić information content (AvgIpc) is 3.24. The summed E-state index contributed by atoms with van der Waals surface area (Å²) in [5, 5.41) is 22.3. The highest BCUT2D eigenvalue weighted by Crippen LogP contribution is 2.43. The number of nitrogens with one attached hydrogen (secondary N) is 1. The maximum Gasteiger partial charge on any atom is 0.262 e. The number of nitriles is 2. The quantitative estimate of drug-likeness (QED) is 0.658. The molecule has 2 aromatic carbocycles. The van der Waals surface area contributed by atoms with E-state index >= 15 is 4.39 Å². The van der Waals surface area contributed by atoms with Gasteiger partial charge < -0.3 is 10.2 Å². The zero-order chi connectivity index (χ0) is 26.3. The van der Waals surface area contributed by atoms with Crippen LogP contribution in [-0.2, 0) is 13.0 Å². The topological polar surface area (TPSA) is 92.3 Å². The van der Waals surface area contributed by atoms with Crippen molar-refractivity contribution in [1.82, 2.24) is 10.2 Å². The van der Waals surface area contributed by atoms with Gasteiger partial charge in [0, 0.05) is 29.6 Å². The van der Waals surface area contributed by atoms with Crippen molar-refractivity contribution < 1.29 is 18.0 Å². The molecule has 2 aromatic rings. The molecule has 0 atom stereocenters. The summed E-state index contributed by atoms with van der Waals surface area (Å²) >= 11 is 0. The molecule has 0 saturated heterocycles. The summed E-state index contributed by atoms with van der Waals surface area (Å²) in [7, 11) is 1.73. The Labute approximate surface area is 206 Å². The van der Waals surface area contributed by atoms with Gasteiger partial charge in [-0.15, -0.1) is 0 Å². The van der Waals surface area contributed by atoms with E-state index in [0.29, 0.717) is 34.5 Å². The molecule has 4 rings (SSSR count). The van der Waals surface area contributed by atoms with Crippen LogP contribution in [0.25, 0.3) is 0 Å². The normalized spacial score (nSPS) is 15.5. The molecule has 0 aliphatic carbocycles. The monoisotopic (exact) mass is 489 g/mol. The number of benzene rings is 2. The van der Waals surface area contributed by atoms with Crippen LogP contribution in [0.3, 0.4) is 0 Å². The van der Waals surface area contributed by atoms with E-state index in [1.165, 1.54) is 6.07 Å². The SMILES string of the molecule is CCc1c(F)c(C2C(C#N)=C(C)N(C)C(C)=C2C#N)cc2c1CN=C2NC(=O)c1c(F)cccc1F. The predicted molar refractivity (Wildman–Crippen MR) is 127 cm³/mol. The van der Waals surface area contributed by atoms with Crippen molar-refractivity contribution in [2.45, 2.75) is 39.7 Å². The number of halogens is 3. The first-order valence-corrected chi connectivity index (χ1v) is 11.3. The Balaban J connectivity index is 1.86. The van der Waals surface area contributed by atoms with E-state index in [4.69, 9.17) is 0 Å². The number of carbonyl (C=O) groups is 1. The minimum atomic E-state index is -1.03. The maximum absolute atomic E-state index is 15.9. The molecule has 2 aliphatic rings. The Hall–Kier alpha value is -4.37. The highest BCUT2D eigenvalue weighted by atomic mass is 19.1. The lowest BCUT2D eigenvalue weighted by Gasteiger charge is -2.33. The highest BCUT2D eigenvalue weighted by molar-refractivity contribution is 6.14. The van der Waals surface area contributed by atoms with E-state index in [0.717, 1.165) is 18.2 Å². The Morgan fingerprint density at radius 3 is 2.25 bits per heavy atom. The third kappa shape index (κ3) is 3.74. The third-order valence-electron chi connectivity index (χ3n) is 6.85. The lowest BCUT2D eigenvalue weighted by molar-refractivity contribution is 0.0969. The van der Waals surface area contributed by atoms with Crippen molar-refractivity contribution in [2.24, 2.45) is 4.99 Å². The van der Waals surface area contributed by atoms with E-state index in [9.17, 15) is 24.1 Å². The first-order valence-electron chi connectivity index (χ1n) is 11.3. The standard InChI is InChI=1S/C27H22F3N5O/c1-5-15-20-12-33-26(34-27(36)24-21(28)7-6-8-22(24)29)16(20)9-17(25(15)30)23-18(10-31)13(2)35(4)14(3)19(23)11-32/h6-9,23H,5,12H2,1-4H3,(H,33,34,36). The van der Waals surface area contributed by atoms with Gasteiger partial charge in [0.15, 0.2) is 0 Å². The summed E-state index contributed by atoms with van der Waals surface area (Å²) in [5.41, 5.74) is 2.26. The van der Waals surface area contributed by atoms with Crippen molar-refractivity contribution >= 4 is 11.7 Å². The van der Waals surface area contributed by atoms with E-state index in [2.05, 4.69) is 22.4 Å². The summed E-state index contributed by atoms with van der Waals surface area (Å²) in [6, 6.07) is 8.83. The number of carbonyl (C=O) groups excluding carboxylic acids is 1. The van der Waals surface area contributed by atoms with Gasteiger partial charge >= 0.3 is 0 Å². The minimum Gasteiger partial charge on any atom is -0.350 e.